The van der Waals surface area contributed by atoms with Crippen LogP contribution in [0.4, 0.5) is 0 Å². The topological polar surface area (TPSA) is 67.4 Å². The average Bonchev–Trinajstić information content (AvgIpc) is 3.05. The number of hydrogen-bond acceptors (Lipinski definition) is 7. The predicted molar refractivity (Wildman–Crippen MR) is 165 cm³/mol. The Kier molecular flexibility index (Phi) is 10.5. The molecule has 4 aromatic rings. The van der Waals surface area contributed by atoms with E-state index in [0.29, 0.717) is 26.4 Å². The van der Waals surface area contributed by atoms with E-state index in [9.17, 15) is 0 Å². The largest absolute Gasteiger partial charge is 0.496 e. The summed E-state index contributed by atoms with van der Waals surface area (Å²) in [5, 5.41) is 5.55. The van der Waals surface area contributed by atoms with Crippen molar-refractivity contribution in [2.24, 2.45) is 0 Å². The number of methoxy groups -OCH3 is 3. The first-order chi connectivity index (χ1) is 20.7. The summed E-state index contributed by atoms with van der Waals surface area (Å²) < 4.78 is 35.3. The van der Waals surface area contributed by atoms with Gasteiger partial charge in [0.25, 0.3) is 0 Å². The molecule has 1 aliphatic heterocycles. The number of rotatable bonds is 14. The number of para-hydroxylation sites is 1. The van der Waals surface area contributed by atoms with Crippen molar-refractivity contribution in [3.05, 3.63) is 95.6 Å². The molecule has 7 nitrogen and oxygen atoms in total. The van der Waals surface area contributed by atoms with Gasteiger partial charge in [0.2, 0.25) is 0 Å². The molecule has 7 heteroatoms. The third-order valence-corrected chi connectivity index (χ3v) is 7.80. The molecule has 0 amide bonds. The van der Waals surface area contributed by atoms with Gasteiger partial charge in [-0.2, -0.15) is 0 Å². The number of nitrogens with one attached hydrogen (secondary N) is 1. The zero-order valence-electron chi connectivity index (χ0n) is 24.8. The lowest BCUT2D eigenvalue weighted by Gasteiger charge is -2.33. The Morgan fingerprint density at radius 3 is 2.29 bits per heavy atom. The van der Waals surface area contributed by atoms with Crippen molar-refractivity contribution in [2.75, 3.05) is 47.6 Å². The van der Waals surface area contributed by atoms with Gasteiger partial charge in [-0.15, -0.1) is 0 Å². The molecule has 1 fully saturated rings. The van der Waals surface area contributed by atoms with Gasteiger partial charge < -0.3 is 33.7 Å². The number of ether oxygens (including phenoxy) is 6. The van der Waals surface area contributed by atoms with Crippen molar-refractivity contribution < 1.29 is 28.4 Å². The van der Waals surface area contributed by atoms with Crippen LogP contribution >= 0.6 is 0 Å². The Balaban J connectivity index is 1.14. The maximum atomic E-state index is 6.56. The van der Waals surface area contributed by atoms with Gasteiger partial charge >= 0.3 is 0 Å². The first-order valence-electron chi connectivity index (χ1n) is 14.6. The number of fused-ring (bicyclic) bond motifs is 1. The van der Waals surface area contributed by atoms with Crippen LogP contribution in [0.3, 0.4) is 0 Å². The molecular weight excluding hydrogens is 530 g/mol. The minimum atomic E-state index is 0.0353. The van der Waals surface area contributed by atoms with E-state index < -0.39 is 0 Å². The Bertz CT molecular complexity index is 1420. The Hall–Kier alpha value is -3.78. The summed E-state index contributed by atoms with van der Waals surface area (Å²) >= 11 is 0. The lowest BCUT2D eigenvalue weighted by molar-refractivity contribution is 0.00983. The van der Waals surface area contributed by atoms with E-state index in [1.54, 1.807) is 21.3 Å². The van der Waals surface area contributed by atoms with Crippen LogP contribution in [0.1, 0.15) is 35.4 Å². The molecular formula is C35H41NO6. The van der Waals surface area contributed by atoms with E-state index in [1.807, 2.05) is 48.5 Å². The van der Waals surface area contributed by atoms with E-state index in [4.69, 9.17) is 28.4 Å². The van der Waals surface area contributed by atoms with Crippen molar-refractivity contribution in [1.82, 2.24) is 5.32 Å². The minimum Gasteiger partial charge on any atom is -0.496 e. The zero-order chi connectivity index (χ0) is 29.1. The molecule has 0 aliphatic carbocycles. The van der Waals surface area contributed by atoms with Crippen LogP contribution in [0.15, 0.2) is 78.9 Å². The maximum absolute atomic E-state index is 6.56. The molecule has 1 aliphatic rings. The molecule has 5 rings (SSSR count). The second-order valence-electron chi connectivity index (χ2n) is 10.4. The molecule has 4 aromatic carbocycles. The lowest BCUT2D eigenvalue weighted by atomic mass is 9.87. The maximum Gasteiger partial charge on any atom is 0.132 e. The van der Waals surface area contributed by atoms with E-state index in [0.717, 1.165) is 70.8 Å². The molecule has 0 aromatic heterocycles. The van der Waals surface area contributed by atoms with Crippen LogP contribution in [0.25, 0.3) is 10.8 Å². The zero-order valence-corrected chi connectivity index (χ0v) is 24.8. The molecule has 0 unspecified atom stereocenters. The van der Waals surface area contributed by atoms with Gasteiger partial charge in [-0.3, -0.25) is 0 Å². The van der Waals surface area contributed by atoms with Gasteiger partial charge in [-0.1, -0.05) is 54.6 Å². The fourth-order valence-electron chi connectivity index (χ4n) is 5.64. The number of benzene rings is 4. The monoisotopic (exact) mass is 571 g/mol. The van der Waals surface area contributed by atoms with Crippen molar-refractivity contribution in [3.8, 4) is 23.0 Å². The van der Waals surface area contributed by atoms with Crippen LogP contribution in [0.5, 0.6) is 23.0 Å². The highest BCUT2D eigenvalue weighted by atomic mass is 16.5. The van der Waals surface area contributed by atoms with Crippen LogP contribution in [0.2, 0.25) is 0 Å². The summed E-state index contributed by atoms with van der Waals surface area (Å²) in [4.78, 5) is 0. The van der Waals surface area contributed by atoms with Crippen LogP contribution in [-0.2, 0) is 22.7 Å². The number of piperidine rings is 1. The Morgan fingerprint density at radius 1 is 0.738 bits per heavy atom. The highest BCUT2D eigenvalue weighted by Gasteiger charge is 2.28. The Morgan fingerprint density at radius 2 is 1.50 bits per heavy atom. The standard InChI is InChI=1S/C35H41NO6/c1-37-32-12-7-4-9-26(32)23-40-19-8-20-41-28-15-13-25(14-16-28)29-17-18-36-22-34(29)42-24-27-21-33(38-2)30-10-5-6-11-31(30)35(27)39-3/h4-7,9-16,21,29,34,36H,8,17-20,22-24H2,1-3H3/t29-,34-/m0/s1. The van der Waals surface area contributed by atoms with Crippen LogP contribution in [0, 0.1) is 0 Å². The molecule has 1 heterocycles. The summed E-state index contributed by atoms with van der Waals surface area (Å²) in [5.41, 5.74) is 3.29. The molecule has 2 atom stereocenters. The summed E-state index contributed by atoms with van der Waals surface area (Å²) in [6.45, 7) is 3.95. The summed E-state index contributed by atoms with van der Waals surface area (Å²) in [6.07, 6.45) is 1.85. The van der Waals surface area contributed by atoms with Crippen molar-refractivity contribution in [1.29, 1.82) is 0 Å². The highest BCUT2D eigenvalue weighted by Crippen LogP contribution is 2.38. The first kappa shape index (κ1) is 29.7. The van der Waals surface area contributed by atoms with Gasteiger partial charge in [0.15, 0.2) is 0 Å². The normalized spacial score (nSPS) is 16.7. The molecule has 0 radical (unpaired) electrons. The quantitative estimate of drug-likeness (QED) is 0.173. The fourth-order valence-corrected chi connectivity index (χ4v) is 5.64. The van der Waals surface area contributed by atoms with Crippen LogP contribution in [-0.4, -0.2) is 53.7 Å². The third-order valence-electron chi connectivity index (χ3n) is 7.80. The molecule has 0 spiro atoms. The van der Waals surface area contributed by atoms with E-state index in [-0.39, 0.29) is 12.0 Å². The number of hydrogen-bond donors (Lipinski definition) is 1. The SMILES string of the molecule is COc1ccccc1COCCCOc1ccc([C@@H]2CCNC[C@@H]2OCc2cc(OC)c3ccccc3c2OC)cc1. The molecule has 42 heavy (non-hydrogen) atoms. The van der Waals surface area contributed by atoms with Gasteiger partial charge in [0.05, 0.1) is 53.9 Å². The molecule has 222 valence electrons. The second-order valence-corrected chi connectivity index (χ2v) is 10.4. The predicted octanol–water partition coefficient (Wildman–Crippen LogP) is 6.51. The third kappa shape index (κ3) is 7.16. The highest BCUT2D eigenvalue weighted by molar-refractivity contribution is 5.94. The molecule has 1 saturated heterocycles. The summed E-state index contributed by atoms with van der Waals surface area (Å²) in [5.74, 6) is 3.66. The van der Waals surface area contributed by atoms with Gasteiger partial charge in [-0.25, -0.2) is 0 Å². The summed E-state index contributed by atoms with van der Waals surface area (Å²) in [6, 6.07) is 26.5. The van der Waals surface area contributed by atoms with E-state index in [2.05, 4.69) is 35.6 Å². The van der Waals surface area contributed by atoms with E-state index >= 15 is 0 Å². The minimum absolute atomic E-state index is 0.0353. The van der Waals surface area contributed by atoms with Gasteiger partial charge in [0.1, 0.15) is 23.0 Å². The average molecular weight is 572 g/mol. The molecule has 0 bridgehead atoms. The smallest absolute Gasteiger partial charge is 0.132 e. The van der Waals surface area contributed by atoms with Gasteiger partial charge in [-0.05, 0) is 42.8 Å². The van der Waals surface area contributed by atoms with E-state index in [1.165, 1.54) is 5.56 Å². The Labute approximate surface area is 248 Å². The van der Waals surface area contributed by atoms with Crippen LogP contribution < -0.4 is 24.3 Å². The van der Waals surface area contributed by atoms with Crippen molar-refractivity contribution in [2.45, 2.75) is 38.1 Å². The van der Waals surface area contributed by atoms with Gasteiger partial charge in [0, 0.05) is 40.8 Å². The second kappa shape index (κ2) is 14.9. The van der Waals surface area contributed by atoms with Crippen molar-refractivity contribution >= 4 is 10.8 Å². The van der Waals surface area contributed by atoms with Crippen molar-refractivity contribution in [3.63, 3.8) is 0 Å². The lowest BCUT2D eigenvalue weighted by Crippen LogP contribution is -2.41. The fraction of sp³-hybridized carbons (Fsp3) is 0.371. The summed E-state index contributed by atoms with van der Waals surface area (Å²) in [7, 11) is 5.09. The molecule has 1 N–H and O–H groups in total. The first-order valence-corrected chi connectivity index (χ1v) is 14.6. The molecule has 0 saturated carbocycles.